The molecule has 2 aromatic rings. The van der Waals surface area contributed by atoms with Crippen LogP contribution in [0.5, 0.6) is 0 Å². The van der Waals surface area contributed by atoms with Gasteiger partial charge in [0.2, 0.25) is 10.0 Å². The van der Waals surface area contributed by atoms with Crippen molar-refractivity contribution in [3.05, 3.63) is 36.5 Å². The zero-order chi connectivity index (χ0) is 15.7. The van der Waals surface area contributed by atoms with Crippen LogP contribution in [0, 0.1) is 0 Å². The average Bonchev–Trinajstić information content (AvgIpc) is 2.54. The molecular weight excluding hydrogens is 334 g/mol. The van der Waals surface area contributed by atoms with Gasteiger partial charge < -0.3 is 5.73 Å². The fourth-order valence-electron chi connectivity index (χ4n) is 3.08. The second-order valence-corrected chi connectivity index (χ2v) is 7.79. The van der Waals surface area contributed by atoms with E-state index >= 15 is 0 Å². The number of halogens is 1. The molecule has 1 aromatic carbocycles. The van der Waals surface area contributed by atoms with E-state index in [-0.39, 0.29) is 29.4 Å². The number of aromatic nitrogens is 1. The highest BCUT2D eigenvalue weighted by Crippen LogP contribution is 2.27. The summed E-state index contributed by atoms with van der Waals surface area (Å²) in [6, 6.07) is 8.91. The molecule has 0 spiro atoms. The fourth-order valence-corrected chi connectivity index (χ4v) is 4.84. The number of para-hydroxylation sites is 1. The summed E-state index contributed by atoms with van der Waals surface area (Å²) >= 11 is 0. The molecule has 2 N–H and O–H groups in total. The molecule has 0 amide bonds. The van der Waals surface area contributed by atoms with Gasteiger partial charge in [-0.3, -0.25) is 4.98 Å². The van der Waals surface area contributed by atoms with Crippen molar-refractivity contribution in [2.75, 3.05) is 6.54 Å². The molecule has 3 rings (SSSR count). The second kappa shape index (κ2) is 7.13. The molecule has 2 heterocycles. The quantitative estimate of drug-likeness (QED) is 0.917. The van der Waals surface area contributed by atoms with Crippen LogP contribution in [0.3, 0.4) is 0 Å². The first kappa shape index (κ1) is 18.1. The van der Waals surface area contributed by atoms with Gasteiger partial charge in [0.25, 0.3) is 0 Å². The van der Waals surface area contributed by atoms with E-state index in [0.717, 1.165) is 30.2 Å². The van der Waals surface area contributed by atoms with E-state index in [1.54, 1.807) is 10.4 Å². The highest BCUT2D eigenvalue weighted by molar-refractivity contribution is 7.89. The molecule has 0 saturated carbocycles. The number of hydrogen-bond acceptors (Lipinski definition) is 4. The minimum absolute atomic E-state index is 0. The zero-order valence-electron chi connectivity index (χ0n) is 13.1. The predicted molar refractivity (Wildman–Crippen MR) is 94.2 cm³/mol. The van der Waals surface area contributed by atoms with Crippen LogP contribution in [0.2, 0.25) is 0 Å². The Bertz CT molecular complexity index is 780. The van der Waals surface area contributed by atoms with Crippen LogP contribution in [0.25, 0.3) is 10.9 Å². The van der Waals surface area contributed by atoms with Gasteiger partial charge in [-0.15, -0.1) is 12.4 Å². The Hall–Kier alpha value is -1.21. The van der Waals surface area contributed by atoms with Gasteiger partial charge in [0.15, 0.2) is 0 Å². The molecule has 0 radical (unpaired) electrons. The second-order valence-electron chi connectivity index (χ2n) is 5.90. The van der Waals surface area contributed by atoms with Gasteiger partial charge >= 0.3 is 0 Å². The van der Waals surface area contributed by atoms with Crippen molar-refractivity contribution in [3.63, 3.8) is 0 Å². The van der Waals surface area contributed by atoms with Gasteiger partial charge in [-0.25, -0.2) is 8.42 Å². The van der Waals surface area contributed by atoms with E-state index in [0.29, 0.717) is 6.54 Å². The molecule has 5 nitrogen and oxygen atoms in total. The predicted octanol–water partition coefficient (Wildman–Crippen LogP) is 2.55. The van der Waals surface area contributed by atoms with Crippen LogP contribution in [0.4, 0.5) is 0 Å². The molecule has 1 saturated heterocycles. The third-order valence-electron chi connectivity index (χ3n) is 4.28. The van der Waals surface area contributed by atoms with Crippen LogP contribution in [-0.4, -0.2) is 36.3 Å². The van der Waals surface area contributed by atoms with E-state index in [1.165, 1.54) is 6.20 Å². The summed E-state index contributed by atoms with van der Waals surface area (Å²) in [5.74, 6) is 0. The minimum Gasteiger partial charge on any atom is -0.326 e. The van der Waals surface area contributed by atoms with E-state index in [2.05, 4.69) is 4.98 Å². The van der Waals surface area contributed by atoms with Crippen LogP contribution in [0.1, 0.15) is 26.2 Å². The Balaban J connectivity index is 0.00000192. The number of benzene rings is 1. The maximum Gasteiger partial charge on any atom is 0.244 e. The molecule has 126 valence electrons. The van der Waals surface area contributed by atoms with Crippen molar-refractivity contribution in [2.24, 2.45) is 5.73 Å². The van der Waals surface area contributed by atoms with E-state index in [9.17, 15) is 8.42 Å². The molecule has 23 heavy (non-hydrogen) atoms. The highest BCUT2D eigenvalue weighted by atomic mass is 35.5. The lowest BCUT2D eigenvalue weighted by atomic mass is 10.00. The molecule has 0 bridgehead atoms. The summed E-state index contributed by atoms with van der Waals surface area (Å²) < 4.78 is 27.5. The van der Waals surface area contributed by atoms with Crippen LogP contribution >= 0.6 is 12.4 Å². The monoisotopic (exact) mass is 355 g/mol. The molecule has 2 unspecified atom stereocenters. The standard InChI is InChI=1S/C16H21N3O2S.ClH/c1-12(17)16-8-4-5-9-19(16)22(20,21)14-10-13-6-2-3-7-15(13)18-11-14;/h2-3,6-7,10-12,16H,4-5,8-9,17H2,1H3;1H. The third kappa shape index (κ3) is 3.50. The normalized spacial score (nSPS) is 20.9. The third-order valence-corrected chi connectivity index (χ3v) is 6.17. The number of hydrogen-bond donors (Lipinski definition) is 1. The van der Waals surface area contributed by atoms with Crippen molar-refractivity contribution in [1.29, 1.82) is 0 Å². The summed E-state index contributed by atoms with van der Waals surface area (Å²) in [6.07, 6.45) is 4.17. The van der Waals surface area contributed by atoms with Crippen LogP contribution in [-0.2, 0) is 10.0 Å². The first-order chi connectivity index (χ1) is 10.5. The molecule has 1 aliphatic rings. The van der Waals surface area contributed by atoms with Crippen molar-refractivity contribution in [2.45, 2.75) is 43.2 Å². The van der Waals surface area contributed by atoms with Crippen molar-refractivity contribution in [3.8, 4) is 0 Å². The summed E-state index contributed by atoms with van der Waals surface area (Å²) in [5, 5.41) is 0.831. The summed E-state index contributed by atoms with van der Waals surface area (Å²) in [5.41, 5.74) is 6.80. The lowest BCUT2D eigenvalue weighted by Crippen LogP contribution is -2.51. The average molecular weight is 356 g/mol. The van der Waals surface area contributed by atoms with Gasteiger partial charge in [-0.1, -0.05) is 24.6 Å². The Morgan fingerprint density at radius 2 is 2.04 bits per heavy atom. The number of sulfonamides is 1. The van der Waals surface area contributed by atoms with Gasteiger partial charge in [0.1, 0.15) is 4.90 Å². The van der Waals surface area contributed by atoms with E-state index in [4.69, 9.17) is 5.73 Å². The number of pyridine rings is 1. The lowest BCUT2D eigenvalue weighted by Gasteiger charge is -2.36. The van der Waals surface area contributed by atoms with Crippen LogP contribution in [0.15, 0.2) is 41.4 Å². The Labute approximate surface area is 143 Å². The van der Waals surface area contributed by atoms with E-state index in [1.807, 2.05) is 31.2 Å². The maximum atomic E-state index is 13.0. The van der Waals surface area contributed by atoms with Gasteiger partial charge in [0.05, 0.1) is 5.52 Å². The zero-order valence-corrected chi connectivity index (χ0v) is 14.7. The first-order valence-electron chi connectivity index (χ1n) is 7.62. The molecular formula is C16H22ClN3O2S. The maximum absolute atomic E-state index is 13.0. The van der Waals surface area contributed by atoms with Gasteiger partial charge in [-0.2, -0.15) is 4.31 Å². The molecule has 1 aliphatic heterocycles. The molecule has 0 aliphatic carbocycles. The largest absolute Gasteiger partial charge is 0.326 e. The molecule has 1 fully saturated rings. The summed E-state index contributed by atoms with van der Waals surface area (Å²) in [7, 11) is -3.56. The van der Waals surface area contributed by atoms with Crippen molar-refractivity contribution >= 4 is 33.3 Å². The van der Waals surface area contributed by atoms with Crippen LogP contribution < -0.4 is 5.73 Å². The van der Waals surface area contributed by atoms with Gasteiger partial charge in [-0.05, 0) is 31.9 Å². The topological polar surface area (TPSA) is 76.3 Å². The summed E-state index contributed by atoms with van der Waals surface area (Å²) in [6.45, 7) is 2.40. The van der Waals surface area contributed by atoms with E-state index < -0.39 is 10.0 Å². The number of nitrogens with two attached hydrogens (primary N) is 1. The molecule has 1 aromatic heterocycles. The highest BCUT2D eigenvalue weighted by Gasteiger charge is 2.35. The Kier molecular flexibility index (Phi) is 5.62. The number of rotatable bonds is 3. The van der Waals surface area contributed by atoms with Crippen molar-refractivity contribution < 1.29 is 8.42 Å². The smallest absolute Gasteiger partial charge is 0.244 e. The number of fused-ring (bicyclic) bond motifs is 1. The van der Waals surface area contributed by atoms with Crippen molar-refractivity contribution in [1.82, 2.24) is 9.29 Å². The lowest BCUT2D eigenvalue weighted by molar-refractivity contribution is 0.227. The molecule has 7 heteroatoms. The summed E-state index contributed by atoms with van der Waals surface area (Å²) in [4.78, 5) is 4.52. The van der Waals surface area contributed by atoms with Gasteiger partial charge in [0, 0.05) is 30.2 Å². The Morgan fingerprint density at radius 1 is 1.30 bits per heavy atom. The molecule has 2 atom stereocenters. The fraction of sp³-hybridized carbons (Fsp3) is 0.438. The SMILES string of the molecule is CC(N)C1CCCCN1S(=O)(=O)c1cnc2ccccc2c1.Cl. The minimum atomic E-state index is -3.56. The number of piperidine rings is 1. The first-order valence-corrected chi connectivity index (χ1v) is 9.06. The Morgan fingerprint density at radius 3 is 2.78 bits per heavy atom. The number of nitrogens with zero attached hydrogens (tertiary/aromatic N) is 2.